The Balaban J connectivity index is 0.000000174. The van der Waals surface area contributed by atoms with E-state index in [2.05, 4.69) is 88.4 Å². The number of likely N-dealkylation sites (tertiary alicyclic amines) is 1. The maximum Gasteiger partial charge on any atom is 0.357 e. The van der Waals surface area contributed by atoms with Crippen LogP contribution in [0.1, 0.15) is 40.2 Å². The summed E-state index contributed by atoms with van der Waals surface area (Å²) in [5.74, 6) is -0.795. The van der Waals surface area contributed by atoms with Crippen molar-refractivity contribution in [3.05, 3.63) is 75.2 Å². The number of piperazine rings is 1. The number of ether oxygens (including phenoxy) is 2. The first-order chi connectivity index (χ1) is 21.8. The van der Waals surface area contributed by atoms with Crippen LogP contribution in [0, 0.1) is 0 Å². The molecule has 2 aliphatic rings. The van der Waals surface area contributed by atoms with Gasteiger partial charge in [0.2, 0.25) is 0 Å². The number of piperidine rings is 1. The van der Waals surface area contributed by atoms with E-state index >= 15 is 0 Å². The zero-order valence-electron chi connectivity index (χ0n) is 26.2. The van der Waals surface area contributed by atoms with Gasteiger partial charge in [-0.15, -0.1) is 22.7 Å². The van der Waals surface area contributed by atoms with Crippen LogP contribution in [0.5, 0.6) is 0 Å². The Morgan fingerprint density at radius 2 is 1.11 bits per heavy atom. The van der Waals surface area contributed by atoms with E-state index in [1.54, 1.807) is 10.8 Å². The normalized spacial score (nSPS) is 15.3. The third-order valence-corrected chi connectivity index (χ3v) is 9.76. The number of likely N-dealkylation sites (N-methyl/N-ethyl adjacent to an activating group) is 1. The highest BCUT2D eigenvalue weighted by atomic mass is 79.9. The van der Waals surface area contributed by atoms with Gasteiger partial charge in [0.1, 0.15) is 10.0 Å². The number of carbonyl (C=O) groups excluding carboxylic acids is 2. The van der Waals surface area contributed by atoms with E-state index in [0.717, 1.165) is 51.8 Å². The van der Waals surface area contributed by atoms with E-state index in [1.807, 2.05) is 24.3 Å². The van der Waals surface area contributed by atoms with E-state index in [9.17, 15) is 9.59 Å². The summed E-state index contributed by atoms with van der Waals surface area (Å²) in [6.07, 6.45) is 4.28. The number of nitrogens with zero attached hydrogens (tertiary/aromatic N) is 5. The van der Waals surface area contributed by atoms with Gasteiger partial charge in [-0.05, 0) is 76.4 Å². The van der Waals surface area contributed by atoms with Crippen LogP contribution in [0.4, 0.5) is 5.69 Å². The minimum Gasteiger partial charge on any atom is -0.464 e. The monoisotopic (exact) mass is 713 g/mol. The quantitative estimate of drug-likeness (QED) is 0.207. The van der Waals surface area contributed by atoms with Gasteiger partial charge < -0.3 is 24.2 Å². The van der Waals surface area contributed by atoms with E-state index < -0.39 is 11.9 Å². The molecule has 240 valence electrons. The van der Waals surface area contributed by atoms with Gasteiger partial charge in [-0.2, -0.15) is 0 Å². The molecule has 6 rings (SSSR count). The SMILES string of the molecule is CN1CCCCC1.COC(=O)c1csc(-c2ccc(Br)cc2)n1.COC(=O)c1csc(-c2ccc(N3CCN(C)CC3)cc2)n1. The van der Waals surface area contributed by atoms with E-state index in [0.29, 0.717) is 11.4 Å². The molecule has 2 aromatic carbocycles. The number of hydrogen-bond donors (Lipinski definition) is 0. The number of anilines is 1. The minimum absolute atomic E-state index is 0.352. The molecule has 4 heterocycles. The van der Waals surface area contributed by atoms with Crippen molar-refractivity contribution in [3.63, 3.8) is 0 Å². The second-order valence-electron chi connectivity index (χ2n) is 10.8. The first kappa shape index (κ1) is 34.7. The molecule has 0 bridgehead atoms. The second kappa shape index (κ2) is 17.5. The van der Waals surface area contributed by atoms with Gasteiger partial charge in [0.25, 0.3) is 0 Å². The average Bonchev–Trinajstić information content (AvgIpc) is 3.77. The largest absolute Gasteiger partial charge is 0.464 e. The predicted octanol–water partition coefficient (Wildman–Crippen LogP) is 6.81. The van der Waals surface area contributed by atoms with Crippen molar-refractivity contribution >= 4 is 56.2 Å². The fourth-order valence-electron chi connectivity index (χ4n) is 4.73. The number of carbonyl (C=O) groups is 2. The number of hydrogen-bond acceptors (Lipinski definition) is 11. The Morgan fingerprint density at radius 3 is 1.53 bits per heavy atom. The number of esters is 2. The summed E-state index contributed by atoms with van der Waals surface area (Å²) in [5.41, 5.74) is 3.97. The molecule has 0 saturated carbocycles. The summed E-state index contributed by atoms with van der Waals surface area (Å²) in [4.78, 5) is 38.3. The molecule has 0 N–H and O–H groups in total. The fraction of sp³-hybridized carbons (Fsp3) is 0.394. The molecular formula is C33H40BrN5O4S2. The first-order valence-corrected chi connectivity index (χ1v) is 17.4. The Labute approximate surface area is 281 Å². The summed E-state index contributed by atoms with van der Waals surface area (Å²) in [5, 5.41) is 5.08. The molecule has 9 nitrogen and oxygen atoms in total. The third-order valence-electron chi connectivity index (χ3n) is 7.45. The van der Waals surface area contributed by atoms with Crippen molar-refractivity contribution < 1.29 is 19.1 Å². The summed E-state index contributed by atoms with van der Waals surface area (Å²) in [6, 6.07) is 16.2. The van der Waals surface area contributed by atoms with E-state index in [1.165, 1.54) is 74.9 Å². The van der Waals surface area contributed by atoms with Crippen molar-refractivity contribution in [3.8, 4) is 21.1 Å². The standard InChI is InChI=1S/C16H19N3O2S.C11H8BrNO2S.C6H13N/c1-18-7-9-19(10-8-18)13-5-3-12(4-6-13)15-17-14(11-22-15)16(20)21-2;1-15-11(14)9-6-16-10(13-9)7-2-4-8(12)5-3-7;1-7-5-3-2-4-6-7/h3-6,11H,7-10H2,1-2H3;2-6H,1H3;2-6H2,1H3. The van der Waals surface area contributed by atoms with Crippen molar-refractivity contribution in [1.29, 1.82) is 0 Å². The molecule has 45 heavy (non-hydrogen) atoms. The molecule has 2 fully saturated rings. The van der Waals surface area contributed by atoms with Crippen LogP contribution >= 0.6 is 38.6 Å². The van der Waals surface area contributed by atoms with Crippen LogP contribution in [0.2, 0.25) is 0 Å². The number of thiazole rings is 2. The minimum atomic E-state index is -0.403. The van der Waals surface area contributed by atoms with Gasteiger partial charge in [0, 0.05) is 58.2 Å². The molecule has 4 aromatic rings. The van der Waals surface area contributed by atoms with E-state index in [-0.39, 0.29) is 0 Å². The third kappa shape index (κ3) is 10.4. The molecule has 2 aliphatic heterocycles. The maximum atomic E-state index is 11.5. The van der Waals surface area contributed by atoms with Gasteiger partial charge in [-0.1, -0.05) is 34.5 Å². The van der Waals surface area contributed by atoms with Crippen molar-refractivity contribution in [1.82, 2.24) is 19.8 Å². The molecule has 0 unspecified atom stereocenters. The lowest BCUT2D eigenvalue weighted by atomic mass is 10.1. The number of halogens is 1. The van der Waals surface area contributed by atoms with Crippen LogP contribution in [-0.4, -0.2) is 99.3 Å². The highest BCUT2D eigenvalue weighted by Gasteiger charge is 2.16. The highest BCUT2D eigenvalue weighted by molar-refractivity contribution is 9.10. The van der Waals surface area contributed by atoms with Gasteiger partial charge >= 0.3 is 11.9 Å². The zero-order valence-corrected chi connectivity index (χ0v) is 29.4. The fourth-order valence-corrected chi connectivity index (χ4v) is 6.59. The van der Waals surface area contributed by atoms with E-state index in [4.69, 9.17) is 0 Å². The van der Waals surface area contributed by atoms with Gasteiger partial charge in [-0.25, -0.2) is 19.6 Å². The molecule has 2 saturated heterocycles. The van der Waals surface area contributed by atoms with Gasteiger partial charge in [-0.3, -0.25) is 0 Å². The Bertz CT molecular complexity index is 1500. The van der Waals surface area contributed by atoms with Crippen LogP contribution < -0.4 is 4.90 Å². The zero-order chi connectivity index (χ0) is 32.2. The van der Waals surface area contributed by atoms with Gasteiger partial charge in [0.05, 0.1) is 14.2 Å². The highest BCUT2D eigenvalue weighted by Crippen LogP contribution is 2.27. The lowest BCUT2D eigenvalue weighted by molar-refractivity contribution is 0.0586. The van der Waals surface area contributed by atoms with Gasteiger partial charge in [0.15, 0.2) is 11.4 Å². The molecule has 0 radical (unpaired) electrons. The summed E-state index contributed by atoms with van der Waals surface area (Å²) in [6.45, 7) is 6.94. The Hall–Kier alpha value is -3.16. The lowest BCUT2D eigenvalue weighted by Crippen LogP contribution is -2.44. The van der Waals surface area contributed by atoms with Crippen LogP contribution in [0.25, 0.3) is 21.1 Å². The molecule has 0 spiro atoms. The number of benzene rings is 2. The summed E-state index contributed by atoms with van der Waals surface area (Å²) >= 11 is 6.25. The first-order valence-electron chi connectivity index (χ1n) is 14.8. The Kier molecular flexibility index (Phi) is 13.5. The molecule has 0 aliphatic carbocycles. The second-order valence-corrected chi connectivity index (χ2v) is 13.4. The van der Waals surface area contributed by atoms with Crippen LogP contribution in [0.3, 0.4) is 0 Å². The molecule has 0 amide bonds. The number of rotatable bonds is 5. The summed E-state index contributed by atoms with van der Waals surface area (Å²) < 4.78 is 10.3. The van der Waals surface area contributed by atoms with Crippen molar-refractivity contribution in [2.75, 3.05) is 72.5 Å². The van der Waals surface area contributed by atoms with Crippen LogP contribution in [0.15, 0.2) is 63.8 Å². The van der Waals surface area contributed by atoms with Crippen molar-refractivity contribution in [2.24, 2.45) is 0 Å². The molecule has 12 heteroatoms. The smallest absolute Gasteiger partial charge is 0.357 e. The molecule has 0 atom stereocenters. The van der Waals surface area contributed by atoms with Crippen molar-refractivity contribution in [2.45, 2.75) is 19.3 Å². The molecule has 2 aromatic heterocycles. The Morgan fingerprint density at radius 1 is 0.667 bits per heavy atom. The topological polar surface area (TPSA) is 88.1 Å². The molecular weight excluding hydrogens is 674 g/mol. The van der Waals surface area contributed by atoms with Crippen LogP contribution in [-0.2, 0) is 9.47 Å². The maximum absolute atomic E-state index is 11.5. The average molecular weight is 715 g/mol. The number of methoxy groups -OCH3 is 2. The lowest BCUT2D eigenvalue weighted by Gasteiger charge is -2.34. The predicted molar refractivity (Wildman–Crippen MR) is 187 cm³/mol. The summed E-state index contributed by atoms with van der Waals surface area (Å²) in [7, 11) is 7.06. The number of aromatic nitrogens is 2.